The summed E-state index contributed by atoms with van der Waals surface area (Å²) in [7, 11) is 0. The van der Waals surface area contributed by atoms with Crippen LogP contribution in [0.5, 0.6) is 0 Å². The molecule has 0 rings (SSSR count). The van der Waals surface area contributed by atoms with Crippen molar-refractivity contribution >= 4 is 12.6 Å². The molecular formula is C4H10O2S. The van der Waals surface area contributed by atoms with Gasteiger partial charge in [0.15, 0.2) is 0 Å². The van der Waals surface area contributed by atoms with E-state index in [2.05, 4.69) is 17.4 Å². The Morgan fingerprint density at radius 3 is 2.29 bits per heavy atom. The van der Waals surface area contributed by atoms with Crippen LogP contribution in [0.1, 0.15) is 13.8 Å². The molecule has 0 bridgehead atoms. The van der Waals surface area contributed by atoms with Gasteiger partial charge in [-0.1, -0.05) is 0 Å². The van der Waals surface area contributed by atoms with Crippen molar-refractivity contribution in [2.24, 2.45) is 0 Å². The molecule has 1 unspecified atom stereocenters. The van der Waals surface area contributed by atoms with Gasteiger partial charge in [0.05, 0.1) is 0 Å². The first-order valence-electron chi connectivity index (χ1n) is 2.15. The van der Waals surface area contributed by atoms with E-state index in [-0.39, 0.29) is 0 Å². The standard InChI is InChI=1S/C4H10O2S/c1-3-6-4(2,5)7/h5,7H,3H2,1-2H3. The Hall–Kier alpha value is 0.270. The monoisotopic (exact) mass is 122 g/mol. The first-order valence-corrected chi connectivity index (χ1v) is 2.59. The molecule has 0 spiro atoms. The number of aliphatic hydroxyl groups is 1. The summed E-state index contributed by atoms with van der Waals surface area (Å²) in [5, 5.41) is 7.40. The lowest BCUT2D eigenvalue weighted by molar-refractivity contribution is -0.110. The molecule has 0 saturated carbocycles. The van der Waals surface area contributed by atoms with E-state index in [1.165, 1.54) is 6.92 Å². The predicted octanol–water partition coefficient (Wildman–Crippen LogP) is 0.619. The normalized spacial score (nSPS) is 18.9. The highest BCUT2D eigenvalue weighted by Gasteiger charge is 2.10. The Labute approximate surface area is 48.9 Å². The van der Waals surface area contributed by atoms with Gasteiger partial charge in [-0.25, -0.2) is 0 Å². The Kier molecular flexibility index (Phi) is 2.64. The Morgan fingerprint density at radius 2 is 2.29 bits per heavy atom. The van der Waals surface area contributed by atoms with Gasteiger partial charge in [0.2, 0.25) is 5.12 Å². The van der Waals surface area contributed by atoms with Crippen molar-refractivity contribution < 1.29 is 9.84 Å². The predicted molar refractivity (Wildman–Crippen MR) is 31.2 cm³/mol. The third-order valence-electron chi connectivity index (χ3n) is 0.418. The average Bonchev–Trinajstić information content (AvgIpc) is 1.30. The zero-order chi connectivity index (χ0) is 5.91. The zero-order valence-electron chi connectivity index (χ0n) is 4.51. The molecule has 1 N–H and O–H groups in total. The number of hydrogen-bond donors (Lipinski definition) is 2. The molecule has 0 aromatic rings. The van der Waals surface area contributed by atoms with Crippen LogP contribution in [0, 0.1) is 0 Å². The van der Waals surface area contributed by atoms with Crippen LogP contribution in [0.4, 0.5) is 0 Å². The van der Waals surface area contributed by atoms with Crippen LogP contribution in [0.25, 0.3) is 0 Å². The van der Waals surface area contributed by atoms with Gasteiger partial charge < -0.3 is 9.84 Å². The molecule has 0 aliphatic heterocycles. The van der Waals surface area contributed by atoms with Crippen molar-refractivity contribution in [3.8, 4) is 0 Å². The molecule has 3 heteroatoms. The van der Waals surface area contributed by atoms with Crippen LogP contribution in [0.2, 0.25) is 0 Å². The third-order valence-corrected chi connectivity index (χ3v) is 0.547. The van der Waals surface area contributed by atoms with Crippen molar-refractivity contribution in [3.05, 3.63) is 0 Å². The first-order chi connectivity index (χ1) is 3.06. The van der Waals surface area contributed by atoms with Gasteiger partial charge >= 0.3 is 0 Å². The van der Waals surface area contributed by atoms with Gasteiger partial charge in [0.25, 0.3) is 0 Å². The summed E-state index contributed by atoms with van der Waals surface area (Å²) in [5.74, 6) is 0. The topological polar surface area (TPSA) is 29.5 Å². The van der Waals surface area contributed by atoms with Crippen LogP contribution in [-0.2, 0) is 4.74 Å². The van der Waals surface area contributed by atoms with Crippen LogP contribution < -0.4 is 0 Å². The summed E-state index contributed by atoms with van der Waals surface area (Å²) in [5.41, 5.74) is 0. The maximum Gasteiger partial charge on any atom is 0.209 e. The highest BCUT2D eigenvalue weighted by atomic mass is 32.1. The van der Waals surface area contributed by atoms with Crippen LogP contribution in [-0.4, -0.2) is 16.8 Å². The lowest BCUT2D eigenvalue weighted by Crippen LogP contribution is -2.19. The fourth-order valence-corrected chi connectivity index (χ4v) is 0.403. The minimum atomic E-state index is -1.26. The van der Waals surface area contributed by atoms with E-state index in [1.807, 2.05) is 0 Å². The minimum absolute atomic E-state index is 0.483. The molecule has 0 amide bonds. The molecule has 0 aliphatic rings. The van der Waals surface area contributed by atoms with Crippen molar-refractivity contribution in [1.29, 1.82) is 0 Å². The van der Waals surface area contributed by atoms with E-state index in [4.69, 9.17) is 5.11 Å². The van der Waals surface area contributed by atoms with E-state index in [1.54, 1.807) is 6.92 Å². The lowest BCUT2D eigenvalue weighted by atomic mass is 10.7. The summed E-state index contributed by atoms with van der Waals surface area (Å²) in [6.45, 7) is 3.75. The molecule has 0 aromatic heterocycles. The fourth-order valence-electron chi connectivity index (χ4n) is 0.273. The molecule has 0 aromatic carbocycles. The van der Waals surface area contributed by atoms with Crippen molar-refractivity contribution in [2.45, 2.75) is 19.0 Å². The van der Waals surface area contributed by atoms with Crippen molar-refractivity contribution in [3.63, 3.8) is 0 Å². The van der Waals surface area contributed by atoms with Crippen LogP contribution in [0.15, 0.2) is 0 Å². The Bertz CT molecular complexity index is 48.1. The van der Waals surface area contributed by atoms with Gasteiger partial charge in [-0.05, 0) is 13.8 Å². The van der Waals surface area contributed by atoms with Gasteiger partial charge in [0.1, 0.15) is 0 Å². The van der Waals surface area contributed by atoms with E-state index >= 15 is 0 Å². The molecule has 0 radical (unpaired) electrons. The largest absolute Gasteiger partial charge is 0.358 e. The Balaban J connectivity index is 3.15. The molecule has 7 heavy (non-hydrogen) atoms. The number of thiol groups is 1. The second kappa shape index (κ2) is 2.55. The summed E-state index contributed by atoms with van der Waals surface area (Å²) in [6.07, 6.45) is 0. The molecule has 0 fully saturated rings. The van der Waals surface area contributed by atoms with E-state index in [0.29, 0.717) is 6.61 Å². The summed E-state index contributed by atoms with van der Waals surface area (Å²) >= 11 is 3.67. The maximum atomic E-state index is 8.66. The number of rotatable bonds is 2. The fraction of sp³-hybridized carbons (Fsp3) is 1.00. The first kappa shape index (κ1) is 7.27. The maximum absolute atomic E-state index is 8.66. The molecule has 0 heterocycles. The second-order valence-electron chi connectivity index (χ2n) is 1.37. The average molecular weight is 122 g/mol. The molecular weight excluding hydrogens is 112 g/mol. The molecule has 0 saturated heterocycles. The Morgan fingerprint density at radius 1 is 1.86 bits per heavy atom. The van der Waals surface area contributed by atoms with E-state index in [0.717, 1.165) is 0 Å². The van der Waals surface area contributed by atoms with Gasteiger partial charge in [-0.15, -0.1) is 12.6 Å². The number of hydrogen-bond acceptors (Lipinski definition) is 3. The lowest BCUT2D eigenvalue weighted by Gasteiger charge is -2.14. The zero-order valence-corrected chi connectivity index (χ0v) is 5.40. The summed E-state index contributed by atoms with van der Waals surface area (Å²) < 4.78 is 4.65. The SMILES string of the molecule is CCOC(C)(O)S. The quantitative estimate of drug-likeness (QED) is 0.415. The number of ether oxygens (including phenoxy) is 1. The molecule has 1 atom stereocenters. The highest BCUT2D eigenvalue weighted by Crippen LogP contribution is 2.08. The summed E-state index contributed by atoms with van der Waals surface area (Å²) in [4.78, 5) is 0. The van der Waals surface area contributed by atoms with Gasteiger partial charge in [-0.2, -0.15) is 0 Å². The smallest absolute Gasteiger partial charge is 0.209 e. The van der Waals surface area contributed by atoms with Crippen molar-refractivity contribution in [1.82, 2.24) is 0 Å². The second-order valence-corrected chi connectivity index (χ2v) is 2.20. The van der Waals surface area contributed by atoms with E-state index < -0.39 is 5.12 Å². The summed E-state index contributed by atoms with van der Waals surface area (Å²) in [6, 6.07) is 0. The highest BCUT2D eigenvalue weighted by molar-refractivity contribution is 7.81. The van der Waals surface area contributed by atoms with E-state index in [9.17, 15) is 0 Å². The van der Waals surface area contributed by atoms with Gasteiger partial charge in [0, 0.05) is 6.61 Å². The van der Waals surface area contributed by atoms with Gasteiger partial charge in [-0.3, -0.25) is 0 Å². The van der Waals surface area contributed by atoms with Crippen LogP contribution >= 0.6 is 12.6 Å². The van der Waals surface area contributed by atoms with Crippen molar-refractivity contribution in [2.75, 3.05) is 6.61 Å². The molecule has 0 aliphatic carbocycles. The molecule has 2 nitrogen and oxygen atoms in total. The van der Waals surface area contributed by atoms with Crippen LogP contribution in [0.3, 0.4) is 0 Å². The minimum Gasteiger partial charge on any atom is -0.358 e. The molecule has 44 valence electrons. The third kappa shape index (κ3) is 6.27.